The second kappa shape index (κ2) is 34.6. The van der Waals surface area contributed by atoms with Crippen molar-refractivity contribution in [2.45, 2.75) is 0 Å². The third-order valence-electron chi connectivity index (χ3n) is 0. The van der Waals surface area contributed by atoms with Crippen LogP contribution < -0.4 is 0 Å². The Morgan fingerprint density at radius 3 is 0.750 bits per heavy atom. The van der Waals surface area contributed by atoms with Gasteiger partial charge in [0.15, 0.2) is 0 Å². The maximum Gasteiger partial charge on any atom is 4.00 e. The van der Waals surface area contributed by atoms with E-state index in [1.165, 1.54) is 0 Å². The smallest absolute Gasteiger partial charge is 2.00 e. The third-order valence-corrected chi connectivity index (χ3v) is 0. The van der Waals surface area contributed by atoms with Crippen LogP contribution in [0.15, 0.2) is 0 Å². The summed E-state index contributed by atoms with van der Waals surface area (Å²) in [6, 6.07) is 0. The molecule has 0 aliphatic carbocycles. The van der Waals surface area contributed by atoms with Gasteiger partial charge >= 0.3 is 35.9 Å². The van der Waals surface area contributed by atoms with Gasteiger partial charge in [-0.1, -0.05) is 0 Å². The maximum atomic E-state index is 0. The minimum absolute atomic E-state index is 0. The summed E-state index contributed by atoms with van der Waals surface area (Å²) >= 11 is 0. The van der Waals surface area contributed by atoms with E-state index in [0.717, 1.165) is 0 Å². The van der Waals surface area contributed by atoms with Crippen molar-refractivity contribution in [1.29, 1.82) is 0 Å². The summed E-state index contributed by atoms with van der Waals surface area (Å²) in [6.07, 6.45) is 0. The van der Waals surface area contributed by atoms with Gasteiger partial charge in [-0.25, -0.2) is 0 Å². The molecule has 0 bridgehead atoms. The van der Waals surface area contributed by atoms with Crippen molar-refractivity contribution in [3.63, 3.8) is 0 Å². The molecule has 0 saturated carbocycles. The van der Waals surface area contributed by atoms with E-state index < -0.39 is 0 Å². The van der Waals surface area contributed by atoms with Crippen LogP contribution in [0.1, 0.15) is 0 Å². The van der Waals surface area contributed by atoms with Gasteiger partial charge < -0.3 is 11.0 Å². The van der Waals surface area contributed by atoms with Gasteiger partial charge in [-0.15, -0.1) is 0 Å². The van der Waals surface area contributed by atoms with Gasteiger partial charge in [0.2, 0.25) is 0 Å². The SMILES string of the molecule is [LiH].[Mn+4].[O-2].[O-2]. The van der Waals surface area contributed by atoms with Crippen molar-refractivity contribution >= 4 is 18.9 Å². The van der Waals surface area contributed by atoms with Gasteiger partial charge in [-0.05, 0) is 0 Å². The van der Waals surface area contributed by atoms with Crippen LogP contribution in [0.2, 0.25) is 0 Å². The molecule has 0 aliphatic rings. The predicted molar refractivity (Wildman–Crippen MR) is 8.52 cm³/mol. The number of hydrogen-bond acceptors (Lipinski definition) is 0. The van der Waals surface area contributed by atoms with E-state index >= 15 is 0 Å². The largest absolute Gasteiger partial charge is 4.00 e. The molecule has 0 aliphatic heterocycles. The summed E-state index contributed by atoms with van der Waals surface area (Å²) in [5.74, 6) is 0. The molecular formula is HLiMnO2. The van der Waals surface area contributed by atoms with Crippen LogP contribution in [0.4, 0.5) is 0 Å². The first-order chi connectivity index (χ1) is 0. The van der Waals surface area contributed by atoms with Crippen molar-refractivity contribution in [2.75, 3.05) is 0 Å². The molecule has 0 N–H and O–H groups in total. The van der Waals surface area contributed by atoms with Crippen LogP contribution in [0, 0.1) is 0 Å². The zero-order chi connectivity index (χ0) is 0. The fraction of sp³-hybridized carbons (Fsp3) is 0. The summed E-state index contributed by atoms with van der Waals surface area (Å²) in [6.45, 7) is 0. The Bertz CT molecular complexity index is 6.00. The van der Waals surface area contributed by atoms with Crippen LogP contribution >= 0.6 is 0 Å². The second-order valence-corrected chi connectivity index (χ2v) is 0. The molecule has 0 aromatic carbocycles. The summed E-state index contributed by atoms with van der Waals surface area (Å²) in [7, 11) is 0. The summed E-state index contributed by atoms with van der Waals surface area (Å²) in [5.41, 5.74) is 0. The van der Waals surface area contributed by atoms with E-state index in [0.29, 0.717) is 0 Å². The molecule has 4 heavy (non-hydrogen) atoms. The quantitative estimate of drug-likeness (QED) is 0.350. The van der Waals surface area contributed by atoms with Crippen molar-refractivity contribution in [2.24, 2.45) is 0 Å². The molecule has 0 aromatic rings. The molecule has 0 saturated heterocycles. The van der Waals surface area contributed by atoms with Crippen LogP contribution in [0.25, 0.3) is 0 Å². The predicted octanol–water partition coefficient (Wildman–Crippen LogP) is -0.889. The zero-order valence-electron chi connectivity index (χ0n) is 1.19. The zero-order valence-corrected chi connectivity index (χ0v) is 2.37. The Morgan fingerprint density at radius 2 is 0.750 bits per heavy atom. The van der Waals surface area contributed by atoms with E-state index in [2.05, 4.69) is 0 Å². The summed E-state index contributed by atoms with van der Waals surface area (Å²) in [4.78, 5) is 0. The van der Waals surface area contributed by atoms with Gasteiger partial charge in [-0.2, -0.15) is 0 Å². The van der Waals surface area contributed by atoms with Crippen LogP contribution in [-0.4, -0.2) is 18.9 Å². The van der Waals surface area contributed by atoms with E-state index in [-0.39, 0.29) is 46.9 Å². The fourth-order valence-electron chi connectivity index (χ4n) is 0. The fourth-order valence-corrected chi connectivity index (χ4v) is 0. The molecule has 0 aromatic heterocycles. The van der Waals surface area contributed by atoms with E-state index in [1.54, 1.807) is 0 Å². The Morgan fingerprint density at radius 1 is 0.750 bits per heavy atom. The van der Waals surface area contributed by atoms with Gasteiger partial charge in [0.05, 0.1) is 0 Å². The normalized spacial score (nSPS) is 0. The first-order valence-corrected chi connectivity index (χ1v) is 0. The molecule has 2 nitrogen and oxygen atoms in total. The first-order valence-electron chi connectivity index (χ1n) is 0. The molecule has 21 valence electrons. The van der Waals surface area contributed by atoms with Crippen molar-refractivity contribution < 1.29 is 28.0 Å². The van der Waals surface area contributed by atoms with Crippen LogP contribution in [0.3, 0.4) is 0 Å². The van der Waals surface area contributed by atoms with Crippen molar-refractivity contribution in [3.05, 3.63) is 0 Å². The Kier molecular flexibility index (Phi) is 661. The molecule has 0 heterocycles. The molecule has 4 heteroatoms. The summed E-state index contributed by atoms with van der Waals surface area (Å²) in [5, 5.41) is 0. The molecule has 0 amide bonds. The van der Waals surface area contributed by atoms with Crippen LogP contribution in [0.5, 0.6) is 0 Å². The Hall–Kier alpha value is 1.04. The molecule has 0 rings (SSSR count). The number of rotatable bonds is 0. The van der Waals surface area contributed by atoms with Crippen molar-refractivity contribution in [1.82, 2.24) is 0 Å². The molecule has 0 atom stereocenters. The molecule has 0 spiro atoms. The maximum absolute atomic E-state index is 0. The minimum Gasteiger partial charge on any atom is -2.00 e. The first kappa shape index (κ1) is 76.3. The van der Waals surface area contributed by atoms with Crippen molar-refractivity contribution in [3.8, 4) is 0 Å². The average Bonchev–Trinajstić information content (AvgIpc) is 0. The molecule has 0 unspecified atom stereocenters. The second-order valence-electron chi connectivity index (χ2n) is 0. The Labute approximate surface area is 47.2 Å². The minimum atomic E-state index is 0. The topological polar surface area (TPSA) is 57.0 Å². The van der Waals surface area contributed by atoms with Gasteiger partial charge in [0, 0.05) is 0 Å². The molecule has 1 radical (unpaired) electrons. The standard InChI is InChI=1S/Li.Mn.2O.H/q;+4;2*-2;. The van der Waals surface area contributed by atoms with Gasteiger partial charge in [-0.3, -0.25) is 0 Å². The average molecular weight is 94.9 g/mol. The third kappa shape index (κ3) is 11.7. The molecular weight excluding hydrogens is 93.9 g/mol. The van der Waals surface area contributed by atoms with Gasteiger partial charge in [0.25, 0.3) is 0 Å². The van der Waals surface area contributed by atoms with E-state index in [4.69, 9.17) is 0 Å². The van der Waals surface area contributed by atoms with Gasteiger partial charge in [0.1, 0.15) is 0 Å². The van der Waals surface area contributed by atoms with E-state index in [9.17, 15) is 0 Å². The summed E-state index contributed by atoms with van der Waals surface area (Å²) < 4.78 is 0. The van der Waals surface area contributed by atoms with Crippen LogP contribution in [-0.2, 0) is 28.0 Å². The monoisotopic (exact) mass is 95.0 g/mol. The number of hydrogen-bond donors (Lipinski definition) is 0. The Balaban J connectivity index is 0. The van der Waals surface area contributed by atoms with E-state index in [1.807, 2.05) is 0 Å². The molecule has 0 fully saturated rings.